The van der Waals surface area contributed by atoms with Crippen molar-refractivity contribution in [3.63, 3.8) is 0 Å². The highest BCUT2D eigenvalue weighted by Gasteiger charge is 2.53. The van der Waals surface area contributed by atoms with Crippen LogP contribution >= 0.6 is 11.8 Å². The highest BCUT2D eigenvalue weighted by Crippen LogP contribution is 2.63. The van der Waals surface area contributed by atoms with Crippen LogP contribution in [-0.4, -0.2) is 28.2 Å². The van der Waals surface area contributed by atoms with E-state index in [0.29, 0.717) is 28.2 Å². The molecule has 8 heterocycles. The van der Waals surface area contributed by atoms with Crippen LogP contribution in [0.4, 0.5) is 17.1 Å². The molecule has 0 saturated heterocycles. The van der Waals surface area contributed by atoms with Gasteiger partial charge in [0.2, 0.25) is 0 Å². The van der Waals surface area contributed by atoms with Gasteiger partial charge in [-0.15, -0.1) is 0 Å². The number of rotatable bonds is 5. The number of fused-ring (bicyclic) bond motifs is 23. The van der Waals surface area contributed by atoms with E-state index in [1.54, 1.807) is 11.8 Å². The lowest BCUT2D eigenvalue weighted by atomic mass is 9.66. The van der Waals surface area contributed by atoms with Gasteiger partial charge in [0.1, 0.15) is 11.5 Å². The van der Waals surface area contributed by atoms with Crippen LogP contribution in [-0.2, 0) is 5.41 Å². The summed E-state index contributed by atoms with van der Waals surface area (Å²) in [5.41, 5.74) is 20.5. The number of pyridine rings is 2. The van der Waals surface area contributed by atoms with Crippen molar-refractivity contribution < 1.29 is 4.74 Å². The maximum Gasteiger partial charge on any atom is 0.134 e. The Bertz CT molecular complexity index is 6680. The van der Waals surface area contributed by atoms with E-state index in [-0.39, 0.29) is 0 Å². The fourth-order valence-electron chi connectivity index (χ4n) is 16.5. The van der Waals surface area contributed by atoms with E-state index in [2.05, 4.69) is 266 Å². The van der Waals surface area contributed by atoms with E-state index >= 15 is 0 Å². The molecule has 12 heteroatoms. The van der Waals surface area contributed by atoms with Gasteiger partial charge in [-0.25, -0.2) is 0 Å². The first kappa shape index (κ1) is 54.0. The van der Waals surface area contributed by atoms with Gasteiger partial charge in [0.15, 0.2) is 0 Å². The first-order valence-electron chi connectivity index (χ1n) is 32.4. The standard InChI is InChI=1S/C86H46N10OS/c87-45-50-25-33-75-63(37-50)62-17-5-10-22-74(62)96(75)57-42-69-85(91-49-57)84-68(41-56(48-90-84)95-72-20-8-3-15-60(72)61-16-4-9-21-73(61)95)86(69)66-31-28-54(92-70-18-6-1-13-58(70)59-14-2-7-19-71(59)92)43-80(66)97-81-44-55(29-32-67(81)86)93-76-34-26-51(46-88)38-64(76)65-40-53(30-36-77(65)93)94-78-23-11-12-24-82(78)98-83-39-52(47-89)27-35-79(83)94/h1-44,48-49H. The average Bonchev–Trinajstić information content (AvgIpc) is 1.46. The molecule has 21 rings (SSSR count). The summed E-state index contributed by atoms with van der Waals surface area (Å²) >= 11 is 1.67. The van der Waals surface area contributed by atoms with Crippen LogP contribution in [0.25, 0.3) is 121 Å². The molecule has 0 amide bonds. The second-order valence-electron chi connectivity index (χ2n) is 25.4. The van der Waals surface area contributed by atoms with E-state index in [0.717, 1.165) is 170 Å². The second kappa shape index (κ2) is 20.0. The summed E-state index contributed by atoms with van der Waals surface area (Å²) in [7, 11) is 0. The van der Waals surface area contributed by atoms with Gasteiger partial charge in [0.05, 0.1) is 131 Å². The van der Waals surface area contributed by atoms with Crippen molar-refractivity contribution in [2.24, 2.45) is 0 Å². The number of nitriles is 3. The van der Waals surface area contributed by atoms with Crippen molar-refractivity contribution in [3.8, 4) is 63.8 Å². The van der Waals surface area contributed by atoms with E-state index in [1.165, 1.54) is 0 Å². The topological polar surface area (TPSA) is 129 Å². The molecule has 1 spiro atoms. The molecule has 18 aromatic rings. The van der Waals surface area contributed by atoms with Gasteiger partial charge < -0.3 is 27.9 Å². The summed E-state index contributed by atoms with van der Waals surface area (Å²) < 4.78 is 17.0. The number of nitrogens with zero attached hydrogens (tertiary/aromatic N) is 10. The Kier molecular flexibility index (Phi) is 11.0. The second-order valence-corrected chi connectivity index (χ2v) is 26.5. The van der Waals surface area contributed by atoms with Crippen molar-refractivity contribution in [1.29, 1.82) is 15.8 Å². The minimum atomic E-state index is -1.12. The van der Waals surface area contributed by atoms with Gasteiger partial charge in [0.25, 0.3) is 0 Å². The Balaban J connectivity index is 0.847. The average molecular weight is 1270 g/mol. The number of benzene rings is 12. The summed E-state index contributed by atoms with van der Waals surface area (Å²) in [5.74, 6) is 1.33. The SMILES string of the molecule is N#Cc1ccc2c(c1)Sc1ccccc1N2c1ccc2c(c1)c1cc(C#N)ccc1n2-c1ccc2c(c1)Oc1cc(-n3c4ccccc4c4ccccc43)ccc1C21c2cc(-n3c4ccccc4c4ccccc43)cnc2-c2ncc(-n3c4ccccc4c4cc(C#N)ccc43)cc21. The van der Waals surface area contributed by atoms with Gasteiger partial charge in [-0.1, -0.05) is 127 Å². The van der Waals surface area contributed by atoms with Crippen molar-refractivity contribution in [2.75, 3.05) is 4.90 Å². The third-order valence-corrected chi connectivity index (χ3v) is 21.6. The molecule has 12 aromatic carbocycles. The molecular weight excluding hydrogens is 1220 g/mol. The maximum absolute atomic E-state index is 10.6. The number of aromatic nitrogens is 6. The molecule has 0 saturated carbocycles. The van der Waals surface area contributed by atoms with Crippen LogP contribution in [0, 0.1) is 34.0 Å². The fraction of sp³-hybridized carbons (Fsp3) is 0.0116. The zero-order chi connectivity index (χ0) is 64.6. The fourth-order valence-corrected chi connectivity index (χ4v) is 17.6. The highest BCUT2D eigenvalue weighted by molar-refractivity contribution is 7.99. The summed E-state index contributed by atoms with van der Waals surface area (Å²) in [6.07, 6.45) is 3.98. The van der Waals surface area contributed by atoms with Crippen LogP contribution in [0.15, 0.2) is 289 Å². The summed E-state index contributed by atoms with van der Waals surface area (Å²) in [4.78, 5) is 15.6. The molecular formula is C86H46N10OS. The first-order valence-corrected chi connectivity index (χ1v) is 33.2. The van der Waals surface area contributed by atoms with Crippen molar-refractivity contribution >= 4 is 116 Å². The third kappa shape index (κ3) is 7.29. The van der Waals surface area contributed by atoms with Gasteiger partial charge in [-0.3, -0.25) is 9.97 Å². The van der Waals surface area contributed by atoms with E-state index in [4.69, 9.17) is 14.7 Å². The first-order chi connectivity index (χ1) is 48.4. The molecule has 0 radical (unpaired) electrons. The molecule has 6 aromatic heterocycles. The lowest BCUT2D eigenvalue weighted by molar-refractivity contribution is 0.436. The Morgan fingerprint density at radius 2 is 0.684 bits per heavy atom. The Morgan fingerprint density at radius 3 is 1.18 bits per heavy atom. The van der Waals surface area contributed by atoms with Crippen LogP contribution in [0.1, 0.15) is 38.9 Å². The van der Waals surface area contributed by atoms with Gasteiger partial charge in [-0.05, 0) is 140 Å². The molecule has 0 N–H and O–H groups in total. The smallest absolute Gasteiger partial charge is 0.134 e. The monoisotopic (exact) mass is 1270 g/mol. The number of ether oxygens (including phenoxy) is 1. The molecule has 1 aliphatic carbocycles. The summed E-state index contributed by atoms with van der Waals surface area (Å²) in [6.45, 7) is 0. The molecule has 0 fully saturated rings. The van der Waals surface area contributed by atoms with Crippen LogP contribution in [0.2, 0.25) is 0 Å². The van der Waals surface area contributed by atoms with Gasteiger partial charge in [0, 0.05) is 104 Å². The third-order valence-electron chi connectivity index (χ3n) is 20.5. The number of hydrogen-bond donors (Lipinski definition) is 0. The molecule has 11 nitrogen and oxygen atoms in total. The van der Waals surface area contributed by atoms with E-state index < -0.39 is 5.41 Å². The minimum absolute atomic E-state index is 0.552. The molecule has 452 valence electrons. The number of anilines is 3. The van der Waals surface area contributed by atoms with Gasteiger partial charge in [-0.2, -0.15) is 15.8 Å². The van der Waals surface area contributed by atoms with Crippen LogP contribution in [0.3, 0.4) is 0 Å². The lowest BCUT2D eigenvalue weighted by Gasteiger charge is -2.39. The lowest BCUT2D eigenvalue weighted by Crippen LogP contribution is -2.32. The Hall–Kier alpha value is -13.4. The normalized spacial score (nSPS) is 14.2. The molecule has 0 bridgehead atoms. The molecule has 2 aliphatic heterocycles. The Labute approximate surface area is 563 Å². The molecule has 3 aliphatic rings. The molecule has 1 unspecified atom stereocenters. The van der Waals surface area contributed by atoms with E-state index in [9.17, 15) is 15.8 Å². The minimum Gasteiger partial charge on any atom is -0.457 e. The number of hydrogen-bond acceptors (Lipinski definition) is 8. The maximum atomic E-state index is 10.6. The van der Waals surface area contributed by atoms with Crippen LogP contribution in [0.5, 0.6) is 11.5 Å². The van der Waals surface area contributed by atoms with E-state index in [1.807, 2.05) is 54.9 Å². The largest absolute Gasteiger partial charge is 0.457 e. The predicted octanol–water partition coefficient (Wildman–Crippen LogP) is 20.9. The molecule has 1 atom stereocenters. The summed E-state index contributed by atoms with van der Waals surface area (Å²) in [5, 5.41) is 39.3. The quantitative estimate of drug-likeness (QED) is 0.167. The van der Waals surface area contributed by atoms with Crippen molar-refractivity contribution in [2.45, 2.75) is 15.2 Å². The predicted molar refractivity (Wildman–Crippen MR) is 390 cm³/mol. The molecule has 98 heavy (non-hydrogen) atoms. The van der Waals surface area contributed by atoms with Crippen molar-refractivity contribution in [1.82, 2.24) is 28.2 Å². The zero-order valence-electron chi connectivity index (χ0n) is 51.8. The Morgan fingerprint density at radius 1 is 0.306 bits per heavy atom. The highest BCUT2D eigenvalue weighted by atomic mass is 32.2. The summed E-state index contributed by atoms with van der Waals surface area (Å²) in [6, 6.07) is 101. The van der Waals surface area contributed by atoms with Crippen LogP contribution < -0.4 is 9.64 Å². The zero-order valence-corrected chi connectivity index (χ0v) is 52.7. The number of para-hydroxylation sites is 6. The van der Waals surface area contributed by atoms with Gasteiger partial charge >= 0.3 is 0 Å². The van der Waals surface area contributed by atoms with Crippen molar-refractivity contribution in [3.05, 3.63) is 318 Å².